The van der Waals surface area contributed by atoms with Gasteiger partial charge in [-0.15, -0.1) is 0 Å². The van der Waals surface area contributed by atoms with Crippen molar-refractivity contribution in [2.24, 2.45) is 10.9 Å². The number of allylic oxidation sites excluding steroid dienone is 1. The zero-order valence-corrected chi connectivity index (χ0v) is 24.1. The van der Waals surface area contributed by atoms with Crippen LogP contribution < -0.4 is 0 Å². The lowest BCUT2D eigenvalue weighted by atomic mass is 9.78. The number of hydrogen-bond donors (Lipinski definition) is 0. The van der Waals surface area contributed by atoms with Gasteiger partial charge in [-0.2, -0.15) is 0 Å². The smallest absolute Gasteiger partial charge is 0.0260 e. The average Bonchev–Trinajstić information content (AvgIpc) is 2.99. The van der Waals surface area contributed by atoms with Gasteiger partial charge < -0.3 is 0 Å². The van der Waals surface area contributed by atoms with Crippen LogP contribution in [0.2, 0.25) is 0 Å². The minimum Gasteiger partial charge on any atom is -0.269 e. The Morgan fingerprint density at radius 1 is 0.585 bits per heavy atom. The molecule has 0 spiro atoms. The van der Waals surface area contributed by atoms with E-state index in [0.717, 1.165) is 0 Å². The van der Waals surface area contributed by atoms with Gasteiger partial charge in [-0.3, -0.25) is 4.99 Å². The molecule has 7 aromatic rings. The Morgan fingerprint density at radius 3 is 1.98 bits per heavy atom. The van der Waals surface area contributed by atoms with Gasteiger partial charge in [-0.05, 0) is 99.6 Å². The fraction of sp³-hybridized carbons (Fsp3) is 0.175. The van der Waals surface area contributed by atoms with Crippen LogP contribution in [0.5, 0.6) is 0 Å². The van der Waals surface area contributed by atoms with Crippen LogP contribution in [0.15, 0.2) is 114 Å². The molecule has 0 saturated heterocycles. The summed E-state index contributed by atoms with van der Waals surface area (Å²) in [5.41, 5.74) is 5.43. The van der Waals surface area contributed by atoms with Gasteiger partial charge in [0.05, 0.1) is 0 Å². The monoisotopic (exact) mass is 527 g/mol. The second-order valence-electron chi connectivity index (χ2n) is 12.9. The zero-order valence-electron chi connectivity index (χ0n) is 24.1. The van der Waals surface area contributed by atoms with Gasteiger partial charge in [0.1, 0.15) is 0 Å². The lowest BCUT2D eigenvalue weighted by Crippen LogP contribution is -2.13. The summed E-state index contributed by atoms with van der Waals surface area (Å²) < 4.78 is 0. The number of rotatable bonds is 2. The summed E-state index contributed by atoms with van der Waals surface area (Å²) >= 11 is 0. The Balaban J connectivity index is 1.55. The van der Waals surface area contributed by atoms with E-state index < -0.39 is 0 Å². The van der Waals surface area contributed by atoms with Crippen LogP contribution in [0.1, 0.15) is 44.7 Å². The van der Waals surface area contributed by atoms with Crippen LogP contribution in [0, 0.1) is 5.92 Å². The molecule has 2 unspecified atom stereocenters. The lowest BCUT2D eigenvalue weighted by molar-refractivity contribution is 0.591. The first-order chi connectivity index (χ1) is 19.9. The maximum Gasteiger partial charge on any atom is 0.0260 e. The Hall–Kier alpha value is -4.49. The van der Waals surface area contributed by atoms with Crippen LogP contribution in [0.4, 0.5) is 0 Å². The molecule has 1 heteroatoms. The molecule has 1 nitrogen and oxygen atoms in total. The molecule has 0 bridgehead atoms. The van der Waals surface area contributed by atoms with E-state index in [-0.39, 0.29) is 11.3 Å². The summed E-state index contributed by atoms with van der Waals surface area (Å²) in [5, 5.41) is 13.2. The lowest BCUT2D eigenvalue weighted by Gasteiger charge is -2.26. The normalized spacial score (nSPS) is 17.6. The minimum atomic E-state index is 0.0884. The number of fused-ring (bicyclic) bond motifs is 3. The SMILES string of the molecule is CC1C=CN=CC1c1cc(-c2cc3ccccc3c3ccccc23)c2ccc3cc(C(C)(C)C)cc4ccc1c2c34. The van der Waals surface area contributed by atoms with Crippen LogP contribution in [0.3, 0.4) is 0 Å². The fourth-order valence-electron chi connectivity index (χ4n) is 7.10. The number of nitrogens with zero attached hydrogens (tertiary/aromatic N) is 1. The quantitative estimate of drug-likeness (QED) is 0.198. The van der Waals surface area contributed by atoms with E-state index in [1.807, 2.05) is 6.20 Å². The molecule has 0 aromatic heterocycles. The van der Waals surface area contributed by atoms with Crippen LogP contribution in [-0.2, 0) is 5.41 Å². The maximum absolute atomic E-state index is 4.62. The summed E-state index contributed by atoms with van der Waals surface area (Å²) in [6.07, 6.45) is 6.34. The standard InChI is InChI=1S/C40H33N/c1-24-17-18-41-23-37(24)36-22-35(34-21-25-9-5-6-10-29(25)30-11-7-8-12-31(30)34)32-15-13-26-19-28(40(2,3)4)20-27-14-16-33(36)39(32)38(26)27/h5-24,37H,1-4H3. The highest BCUT2D eigenvalue weighted by molar-refractivity contribution is 6.28. The van der Waals surface area contributed by atoms with Crippen molar-refractivity contribution in [2.75, 3.05) is 0 Å². The van der Waals surface area contributed by atoms with Gasteiger partial charge in [0.2, 0.25) is 0 Å². The third-order valence-corrected chi connectivity index (χ3v) is 9.32. The summed E-state index contributed by atoms with van der Waals surface area (Å²) in [4.78, 5) is 4.62. The average molecular weight is 528 g/mol. The van der Waals surface area contributed by atoms with Crippen molar-refractivity contribution in [3.05, 3.63) is 120 Å². The van der Waals surface area contributed by atoms with Gasteiger partial charge in [0.25, 0.3) is 0 Å². The predicted octanol–water partition coefficient (Wildman–Crippen LogP) is 11.2. The molecule has 41 heavy (non-hydrogen) atoms. The molecule has 0 saturated carbocycles. The van der Waals surface area contributed by atoms with Crippen molar-refractivity contribution in [3.8, 4) is 11.1 Å². The van der Waals surface area contributed by atoms with E-state index in [0.29, 0.717) is 5.92 Å². The molecule has 8 rings (SSSR count). The van der Waals surface area contributed by atoms with Gasteiger partial charge >= 0.3 is 0 Å². The van der Waals surface area contributed by atoms with E-state index in [2.05, 4.69) is 142 Å². The summed E-state index contributed by atoms with van der Waals surface area (Å²) in [6, 6.07) is 36.8. The fourth-order valence-corrected chi connectivity index (χ4v) is 7.10. The second-order valence-corrected chi connectivity index (χ2v) is 12.9. The Labute approximate surface area is 241 Å². The van der Waals surface area contributed by atoms with E-state index in [1.165, 1.54) is 76.1 Å². The molecule has 1 aliphatic rings. The molecular weight excluding hydrogens is 494 g/mol. The van der Waals surface area contributed by atoms with E-state index in [1.54, 1.807) is 0 Å². The molecule has 1 aliphatic heterocycles. The summed E-state index contributed by atoms with van der Waals surface area (Å²) in [5.74, 6) is 0.597. The molecule has 0 N–H and O–H groups in total. The topological polar surface area (TPSA) is 12.4 Å². The molecule has 198 valence electrons. The highest BCUT2D eigenvalue weighted by Gasteiger charge is 2.25. The first-order valence-corrected chi connectivity index (χ1v) is 14.8. The van der Waals surface area contributed by atoms with Crippen molar-refractivity contribution in [2.45, 2.75) is 39.0 Å². The summed E-state index contributed by atoms with van der Waals surface area (Å²) in [7, 11) is 0. The number of benzene rings is 7. The largest absolute Gasteiger partial charge is 0.269 e. The third kappa shape index (κ3) is 3.65. The van der Waals surface area contributed by atoms with Gasteiger partial charge in [0.15, 0.2) is 0 Å². The molecule has 0 aliphatic carbocycles. The van der Waals surface area contributed by atoms with Crippen molar-refractivity contribution in [3.63, 3.8) is 0 Å². The highest BCUT2D eigenvalue weighted by atomic mass is 14.7. The Morgan fingerprint density at radius 2 is 1.24 bits per heavy atom. The molecule has 0 amide bonds. The maximum atomic E-state index is 4.62. The van der Waals surface area contributed by atoms with Crippen LogP contribution in [0.25, 0.3) is 65.0 Å². The molecule has 0 radical (unpaired) electrons. The highest BCUT2D eigenvalue weighted by Crippen LogP contribution is 2.47. The Kier molecular flexibility index (Phi) is 5.19. The molecule has 1 heterocycles. The van der Waals surface area contributed by atoms with Gasteiger partial charge in [-0.25, -0.2) is 0 Å². The van der Waals surface area contributed by atoms with Crippen LogP contribution >= 0.6 is 0 Å². The Bertz CT molecular complexity index is 2190. The summed E-state index contributed by atoms with van der Waals surface area (Å²) in [6.45, 7) is 9.22. The molecule has 0 fully saturated rings. The first-order valence-electron chi connectivity index (χ1n) is 14.8. The number of hydrogen-bond acceptors (Lipinski definition) is 1. The van der Waals surface area contributed by atoms with Crippen molar-refractivity contribution < 1.29 is 0 Å². The minimum absolute atomic E-state index is 0.0884. The second kappa shape index (κ2) is 8.75. The van der Waals surface area contributed by atoms with Crippen molar-refractivity contribution in [1.29, 1.82) is 0 Å². The van der Waals surface area contributed by atoms with E-state index >= 15 is 0 Å². The van der Waals surface area contributed by atoms with Gasteiger partial charge in [0, 0.05) is 18.3 Å². The van der Waals surface area contributed by atoms with E-state index in [9.17, 15) is 0 Å². The molecule has 2 atom stereocenters. The van der Waals surface area contributed by atoms with Crippen LogP contribution in [-0.4, -0.2) is 6.21 Å². The molecular formula is C40H33N. The van der Waals surface area contributed by atoms with E-state index in [4.69, 9.17) is 0 Å². The third-order valence-electron chi connectivity index (χ3n) is 9.32. The van der Waals surface area contributed by atoms with Gasteiger partial charge in [-0.1, -0.05) is 119 Å². The first kappa shape index (κ1) is 24.3. The zero-order chi connectivity index (χ0) is 27.9. The van der Waals surface area contributed by atoms with Crippen molar-refractivity contribution >= 4 is 60.1 Å². The predicted molar refractivity (Wildman–Crippen MR) is 179 cm³/mol. The number of aliphatic imine (C=N–C) groups is 1. The molecule has 7 aromatic carbocycles. The van der Waals surface area contributed by atoms with Crippen molar-refractivity contribution in [1.82, 2.24) is 0 Å².